The van der Waals surface area contributed by atoms with Gasteiger partial charge in [0.05, 0.1) is 12.2 Å². The number of β-amino-alcohol motifs (C(OH)–C–C–N with tert-alkyl or cyclic N) is 1. The molecule has 0 aromatic carbocycles. The van der Waals surface area contributed by atoms with E-state index in [2.05, 4.69) is 5.32 Å². The van der Waals surface area contributed by atoms with Crippen LogP contribution in [0.3, 0.4) is 0 Å². The van der Waals surface area contributed by atoms with Crippen molar-refractivity contribution in [2.24, 2.45) is 11.5 Å². The highest BCUT2D eigenvalue weighted by atomic mass is 16.5. The van der Waals surface area contributed by atoms with Crippen LogP contribution < -0.4 is 16.8 Å². The van der Waals surface area contributed by atoms with Crippen LogP contribution in [0, 0.1) is 0 Å². The largest absolute Gasteiger partial charge is 0.459 e. The van der Waals surface area contributed by atoms with Crippen molar-refractivity contribution in [3.8, 4) is 0 Å². The average molecular weight is 381 g/mol. The molecular weight excluding hydrogens is 344 g/mol. The minimum atomic E-state index is -0.537. The third kappa shape index (κ3) is 6.43. The van der Waals surface area contributed by atoms with E-state index in [-0.39, 0.29) is 17.7 Å². The zero-order valence-electron chi connectivity index (χ0n) is 16.9. The molecule has 1 saturated carbocycles. The molecule has 7 heteroatoms. The summed E-state index contributed by atoms with van der Waals surface area (Å²) in [5, 5.41) is 14.2. The van der Waals surface area contributed by atoms with Gasteiger partial charge in [-0.05, 0) is 46.1 Å². The van der Waals surface area contributed by atoms with Crippen LogP contribution in [0.25, 0.3) is 0 Å². The number of allylic oxidation sites excluding steroid dienone is 1. The standard InChI is InChI=1S/C20H36N4O3/c1-13(2)27-20(26)16(11-14(3)21)19(22)24-10-9-17(18(25)12-24)23-15-7-5-4-6-8-15/h11,13,15,17-18,23,25H,4-10,12,21-22H2,1-3H3/b14-11-,19-16-/t17-,18+/m0/s1. The smallest absolute Gasteiger partial charge is 0.342 e. The maximum absolute atomic E-state index is 12.4. The first-order valence-electron chi connectivity index (χ1n) is 10.1. The predicted octanol–water partition coefficient (Wildman–Crippen LogP) is 1.33. The quantitative estimate of drug-likeness (QED) is 0.312. The van der Waals surface area contributed by atoms with Gasteiger partial charge < -0.3 is 31.5 Å². The van der Waals surface area contributed by atoms with Gasteiger partial charge >= 0.3 is 5.97 Å². The van der Waals surface area contributed by atoms with E-state index in [1.165, 1.54) is 32.1 Å². The number of carbonyl (C=O) groups is 1. The van der Waals surface area contributed by atoms with Crippen molar-refractivity contribution >= 4 is 5.97 Å². The first-order valence-corrected chi connectivity index (χ1v) is 10.1. The molecule has 1 saturated heterocycles. The Balaban J connectivity index is 2.06. The minimum absolute atomic E-state index is 0.0648. The van der Waals surface area contributed by atoms with Crippen molar-refractivity contribution < 1.29 is 14.6 Å². The summed E-state index contributed by atoms with van der Waals surface area (Å²) in [5.74, 6) is -0.190. The third-order valence-electron chi connectivity index (χ3n) is 5.19. The lowest BCUT2D eigenvalue weighted by Gasteiger charge is -2.40. The minimum Gasteiger partial charge on any atom is -0.459 e. The van der Waals surface area contributed by atoms with E-state index >= 15 is 0 Å². The summed E-state index contributed by atoms with van der Waals surface area (Å²) in [6, 6.07) is 0.562. The maximum Gasteiger partial charge on any atom is 0.342 e. The lowest BCUT2D eigenvalue weighted by Crippen LogP contribution is -2.55. The normalized spacial score (nSPS) is 26.1. The van der Waals surface area contributed by atoms with Gasteiger partial charge in [-0.2, -0.15) is 0 Å². The van der Waals surface area contributed by atoms with E-state index in [1.807, 2.05) is 4.90 Å². The number of rotatable bonds is 6. The van der Waals surface area contributed by atoms with Gasteiger partial charge in [-0.3, -0.25) is 0 Å². The molecule has 2 atom stereocenters. The number of likely N-dealkylation sites (tertiary alicyclic amines) is 1. The second kappa shape index (κ2) is 9.99. The van der Waals surface area contributed by atoms with Crippen molar-refractivity contribution in [1.29, 1.82) is 0 Å². The highest BCUT2D eigenvalue weighted by molar-refractivity contribution is 5.92. The summed E-state index contributed by atoms with van der Waals surface area (Å²) >= 11 is 0. The molecule has 1 heterocycles. The maximum atomic E-state index is 12.4. The molecule has 0 bridgehead atoms. The molecule has 0 aromatic heterocycles. The molecule has 1 aliphatic heterocycles. The van der Waals surface area contributed by atoms with Crippen LogP contribution in [-0.4, -0.2) is 53.4 Å². The fourth-order valence-electron chi connectivity index (χ4n) is 3.83. The summed E-state index contributed by atoms with van der Waals surface area (Å²) in [6.45, 7) is 6.33. The number of nitrogens with one attached hydrogen (secondary N) is 1. The number of hydrogen-bond donors (Lipinski definition) is 4. The van der Waals surface area contributed by atoms with E-state index in [1.54, 1.807) is 26.8 Å². The van der Waals surface area contributed by atoms with Crippen molar-refractivity contribution in [1.82, 2.24) is 10.2 Å². The van der Waals surface area contributed by atoms with Gasteiger partial charge in [0, 0.05) is 30.9 Å². The summed E-state index contributed by atoms with van der Waals surface area (Å²) in [6.07, 6.45) is 7.72. The Labute approximate surface area is 162 Å². The zero-order chi connectivity index (χ0) is 20.0. The topological polar surface area (TPSA) is 114 Å². The van der Waals surface area contributed by atoms with Crippen molar-refractivity contribution in [2.45, 2.75) is 83.6 Å². The van der Waals surface area contributed by atoms with Crippen LogP contribution in [0.4, 0.5) is 0 Å². The fourth-order valence-corrected chi connectivity index (χ4v) is 3.83. The van der Waals surface area contributed by atoms with Crippen LogP contribution in [-0.2, 0) is 9.53 Å². The SMILES string of the molecule is C/C(N)=C/C(C(=O)OC(C)C)=C(\N)N1CC[C@H](NC2CCCCC2)[C@H](O)C1. The number of hydrogen-bond acceptors (Lipinski definition) is 7. The molecular formula is C20H36N4O3. The van der Waals surface area contributed by atoms with Gasteiger partial charge in [-0.15, -0.1) is 0 Å². The Morgan fingerprint density at radius 1 is 1.22 bits per heavy atom. The number of esters is 1. The number of nitrogens with two attached hydrogens (primary N) is 2. The monoisotopic (exact) mass is 380 g/mol. The lowest BCUT2D eigenvalue weighted by atomic mass is 9.92. The first kappa shape index (κ1) is 21.6. The van der Waals surface area contributed by atoms with E-state index in [4.69, 9.17) is 16.2 Å². The van der Waals surface area contributed by atoms with Gasteiger partial charge in [0.15, 0.2) is 0 Å². The molecule has 0 aromatic rings. The Morgan fingerprint density at radius 3 is 2.44 bits per heavy atom. The summed E-state index contributed by atoms with van der Waals surface area (Å²) in [7, 11) is 0. The molecule has 0 radical (unpaired) electrons. The van der Waals surface area contributed by atoms with Gasteiger partial charge in [0.1, 0.15) is 11.4 Å². The van der Waals surface area contributed by atoms with E-state index < -0.39 is 12.1 Å². The number of piperidine rings is 1. The lowest BCUT2D eigenvalue weighted by molar-refractivity contribution is -0.142. The van der Waals surface area contributed by atoms with Gasteiger partial charge in [0.25, 0.3) is 0 Å². The molecule has 7 nitrogen and oxygen atoms in total. The van der Waals surface area contributed by atoms with Crippen molar-refractivity contribution in [2.75, 3.05) is 13.1 Å². The van der Waals surface area contributed by atoms with E-state index in [0.717, 1.165) is 6.42 Å². The highest BCUT2D eigenvalue weighted by Crippen LogP contribution is 2.22. The summed E-state index contributed by atoms with van der Waals surface area (Å²) in [5.41, 5.74) is 12.8. The van der Waals surface area contributed by atoms with Crippen LogP contribution in [0.2, 0.25) is 0 Å². The third-order valence-corrected chi connectivity index (χ3v) is 5.19. The molecule has 6 N–H and O–H groups in total. The Hall–Kier alpha value is -1.73. The van der Waals surface area contributed by atoms with Gasteiger partial charge in [-0.25, -0.2) is 4.79 Å². The zero-order valence-corrected chi connectivity index (χ0v) is 16.9. The van der Waals surface area contributed by atoms with E-state index in [9.17, 15) is 9.90 Å². The van der Waals surface area contributed by atoms with Gasteiger partial charge in [0.2, 0.25) is 0 Å². The predicted molar refractivity (Wildman–Crippen MR) is 106 cm³/mol. The average Bonchev–Trinajstić information content (AvgIpc) is 2.61. The molecule has 154 valence electrons. The molecule has 2 aliphatic rings. The van der Waals surface area contributed by atoms with Crippen molar-refractivity contribution in [3.05, 3.63) is 23.2 Å². The second-order valence-corrected chi connectivity index (χ2v) is 8.05. The molecule has 0 amide bonds. The molecule has 2 fully saturated rings. The number of ether oxygens (including phenoxy) is 1. The van der Waals surface area contributed by atoms with Crippen LogP contribution in [0.1, 0.15) is 59.3 Å². The highest BCUT2D eigenvalue weighted by Gasteiger charge is 2.31. The first-order chi connectivity index (χ1) is 12.8. The number of carbonyl (C=O) groups excluding carboxylic acids is 1. The second-order valence-electron chi connectivity index (χ2n) is 8.05. The Morgan fingerprint density at radius 2 is 1.89 bits per heavy atom. The fraction of sp³-hybridized carbons (Fsp3) is 0.750. The Kier molecular flexibility index (Phi) is 7.98. The summed E-state index contributed by atoms with van der Waals surface area (Å²) in [4.78, 5) is 14.3. The number of aliphatic hydroxyl groups excluding tert-OH is 1. The van der Waals surface area contributed by atoms with Crippen molar-refractivity contribution in [3.63, 3.8) is 0 Å². The van der Waals surface area contributed by atoms with Crippen LogP contribution in [0.15, 0.2) is 23.2 Å². The van der Waals surface area contributed by atoms with E-state index in [0.29, 0.717) is 30.6 Å². The number of aliphatic hydroxyl groups is 1. The molecule has 1 aliphatic carbocycles. The summed E-state index contributed by atoms with van der Waals surface area (Å²) < 4.78 is 5.30. The Bertz CT molecular complexity index is 564. The molecule has 0 unspecified atom stereocenters. The van der Waals surface area contributed by atoms with Gasteiger partial charge in [-0.1, -0.05) is 19.3 Å². The number of nitrogens with zero attached hydrogens (tertiary/aromatic N) is 1. The van der Waals surface area contributed by atoms with Crippen LogP contribution in [0.5, 0.6) is 0 Å². The molecule has 0 spiro atoms. The molecule has 27 heavy (non-hydrogen) atoms. The molecule has 2 rings (SSSR count). The van der Waals surface area contributed by atoms with Crippen LogP contribution >= 0.6 is 0 Å².